The lowest BCUT2D eigenvalue weighted by Gasteiger charge is -2.22. The molecule has 2 nitrogen and oxygen atoms in total. The molecule has 1 aliphatic rings. The predicted octanol–water partition coefficient (Wildman–Crippen LogP) is 5.07. The number of H-pyrrole nitrogens is 1. The molecule has 0 spiro atoms. The number of aromatic amines is 1. The van der Waals surface area contributed by atoms with Gasteiger partial charge in [0.25, 0.3) is 0 Å². The Balaban J connectivity index is 2.00. The zero-order valence-corrected chi connectivity index (χ0v) is 12.2. The van der Waals surface area contributed by atoms with Gasteiger partial charge in [0.1, 0.15) is 5.82 Å². The topological polar surface area (TPSA) is 20.7 Å². The molecule has 5 heteroatoms. The molecule has 0 radical (unpaired) electrons. The van der Waals surface area contributed by atoms with Crippen molar-refractivity contribution in [3.63, 3.8) is 0 Å². The molecule has 0 atom stereocenters. The number of benzene rings is 1. The van der Waals surface area contributed by atoms with Crippen molar-refractivity contribution in [3.05, 3.63) is 27.7 Å². The Morgan fingerprint density at radius 2 is 2.05 bits per heavy atom. The molecule has 102 valence electrons. The number of aromatic nitrogens is 2. The van der Waals surface area contributed by atoms with Crippen molar-refractivity contribution in [1.29, 1.82) is 0 Å². The number of nitrogens with zero attached hydrogens (tertiary/aromatic N) is 1. The highest BCUT2D eigenvalue weighted by atomic mass is 35.5. The van der Waals surface area contributed by atoms with Gasteiger partial charge in [-0.3, -0.25) is 0 Å². The lowest BCUT2D eigenvalue weighted by atomic mass is 9.89. The fourth-order valence-electron chi connectivity index (χ4n) is 2.96. The number of hydrogen-bond acceptors (Lipinski definition) is 1. The minimum absolute atomic E-state index is 0.152. The summed E-state index contributed by atoms with van der Waals surface area (Å²) in [5.41, 5.74) is 1.63. The van der Waals surface area contributed by atoms with E-state index in [1.54, 1.807) is 6.07 Å². The van der Waals surface area contributed by atoms with E-state index in [1.165, 1.54) is 38.2 Å². The average Bonchev–Trinajstić information content (AvgIpc) is 2.68. The number of halogens is 2. The summed E-state index contributed by atoms with van der Waals surface area (Å²) in [6, 6.07) is 3.09. The van der Waals surface area contributed by atoms with Gasteiger partial charge in [-0.15, -0.1) is 0 Å². The number of rotatable bonds is 2. The van der Waals surface area contributed by atoms with E-state index in [1.807, 2.05) is 0 Å². The molecule has 0 saturated heterocycles. The highest BCUT2D eigenvalue weighted by Crippen LogP contribution is 2.28. The van der Waals surface area contributed by atoms with Crippen LogP contribution < -0.4 is 0 Å². The summed E-state index contributed by atoms with van der Waals surface area (Å²) in [5, 5.41) is 0.152. The highest BCUT2D eigenvalue weighted by Gasteiger charge is 2.16. The van der Waals surface area contributed by atoms with Gasteiger partial charge < -0.3 is 9.55 Å². The molecule has 1 saturated carbocycles. The van der Waals surface area contributed by atoms with Crippen molar-refractivity contribution < 1.29 is 4.39 Å². The van der Waals surface area contributed by atoms with Gasteiger partial charge in [0.15, 0.2) is 4.77 Å². The molecule has 2 aromatic rings. The van der Waals surface area contributed by atoms with Crippen LogP contribution in [0.15, 0.2) is 12.1 Å². The van der Waals surface area contributed by atoms with E-state index in [9.17, 15) is 4.39 Å². The first-order valence-electron chi connectivity index (χ1n) is 6.72. The van der Waals surface area contributed by atoms with Crippen LogP contribution in [-0.4, -0.2) is 9.55 Å². The molecular weight excluding hydrogens is 283 g/mol. The average molecular weight is 299 g/mol. The zero-order chi connectivity index (χ0) is 13.4. The number of imidazole rings is 1. The maximum atomic E-state index is 13.5. The largest absolute Gasteiger partial charge is 0.330 e. The normalized spacial score (nSPS) is 17.2. The Morgan fingerprint density at radius 3 is 2.79 bits per heavy atom. The van der Waals surface area contributed by atoms with Crippen LogP contribution >= 0.6 is 23.8 Å². The van der Waals surface area contributed by atoms with Crippen LogP contribution in [0, 0.1) is 16.5 Å². The van der Waals surface area contributed by atoms with Crippen LogP contribution in [-0.2, 0) is 6.54 Å². The third kappa shape index (κ3) is 2.56. The number of hydrogen-bond donors (Lipinski definition) is 1. The second-order valence-corrected chi connectivity index (χ2v) is 6.12. The van der Waals surface area contributed by atoms with Gasteiger partial charge in [-0.1, -0.05) is 30.9 Å². The summed E-state index contributed by atoms with van der Waals surface area (Å²) < 4.78 is 16.2. The van der Waals surface area contributed by atoms with E-state index in [2.05, 4.69) is 9.55 Å². The van der Waals surface area contributed by atoms with Crippen LogP contribution in [0.3, 0.4) is 0 Å². The maximum Gasteiger partial charge on any atom is 0.178 e. The van der Waals surface area contributed by atoms with Crippen LogP contribution in [0.25, 0.3) is 11.0 Å². The third-order valence-corrected chi connectivity index (χ3v) is 4.59. The summed E-state index contributed by atoms with van der Waals surface area (Å²) in [5.74, 6) is 0.263. The molecule has 1 aliphatic carbocycles. The van der Waals surface area contributed by atoms with Crippen molar-refractivity contribution >= 4 is 34.9 Å². The van der Waals surface area contributed by atoms with Gasteiger partial charge in [-0.2, -0.15) is 0 Å². The Kier molecular flexibility index (Phi) is 3.63. The molecule has 3 rings (SSSR count). The van der Waals surface area contributed by atoms with Gasteiger partial charge >= 0.3 is 0 Å². The lowest BCUT2D eigenvalue weighted by Crippen LogP contribution is -2.14. The molecule has 0 aliphatic heterocycles. The first-order valence-corrected chi connectivity index (χ1v) is 7.51. The minimum Gasteiger partial charge on any atom is -0.330 e. The van der Waals surface area contributed by atoms with Crippen molar-refractivity contribution in [1.82, 2.24) is 9.55 Å². The molecule has 1 heterocycles. The fourth-order valence-corrected chi connectivity index (χ4v) is 3.40. The van der Waals surface area contributed by atoms with Crippen LogP contribution in [0.2, 0.25) is 5.02 Å². The smallest absolute Gasteiger partial charge is 0.178 e. The quantitative estimate of drug-likeness (QED) is 0.768. The monoisotopic (exact) mass is 298 g/mol. The molecule has 1 N–H and O–H groups in total. The van der Waals surface area contributed by atoms with Gasteiger partial charge in [-0.25, -0.2) is 4.39 Å². The fraction of sp³-hybridized carbons (Fsp3) is 0.500. The van der Waals surface area contributed by atoms with Gasteiger partial charge in [0, 0.05) is 12.6 Å². The van der Waals surface area contributed by atoms with E-state index in [0.717, 1.165) is 17.6 Å². The van der Waals surface area contributed by atoms with Crippen molar-refractivity contribution in [3.8, 4) is 0 Å². The second kappa shape index (κ2) is 5.25. The molecule has 1 fully saturated rings. The molecule has 0 bridgehead atoms. The van der Waals surface area contributed by atoms with Gasteiger partial charge in [0.2, 0.25) is 0 Å². The highest BCUT2D eigenvalue weighted by molar-refractivity contribution is 7.71. The van der Waals surface area contributed by atoms with E-state index in [4.69, 9.17) is 23.8 Å². The first-order chi connectivity index (χ1) is 9.15. The van der Waals surface area contributed by atoms with Crippen LogP contribution in [0.1, 0.15) is 32.1 Å². The summed E-state index contributed by atoms with van der Waals surface area (Å²) in [4.78, 5) is 3.06. The molecule has 0 unspecified atom stereocenters. The van der Waals surface area contributed by atoms with E-state index in [0.29, 0.717) is 10.7 Å². The van der Waals surface area contributed by atoms with Crippen molar-refractivity contribution in [2.75, 3.05) is 0 Å². The predicted molar refractivity (Wildman–Crippen MR) is 78.7 cm³/mol. The summed E-state index contributed by atoms with van der Waals surface area (Å²) in [6.45, 7) is 0.904. The zero-order valence-electron chi connectivity index (χ0n) is 10.6. The number of nitrogens with one attached hydrogen (secondary N) is 1. The molecule has 1 aromatic heterocycles. The Labute approximate surface area is 121 Å². The van der Waals surface area contributed by atoms with Gasteiger partial charge in [0.05, 0.1) is 16.1 Å². The van der Waals surface area contributed by atoms with Crippen LogP contribution in [0.4, 0.5) is 4.39 Å². The van der Waals surface area contributed by atoms with Crippen LogP contribution in [0.5, 0.6) is 0 Å². The Hall–Kier alpha value is -0.870. The van der Waals surface area contributed by atoms with E-state index < -0.39 is 5.82 Å². The Morgan fingerprint density at radius 1 is 1.32 bits per heavy atom. The summed E-state index contributed by atoms with van der Waals surface area (Å²) >= 11 is 11.2. The SMILES string of the molecule is Fc1cc2[nH]c(=S)n(CC3CCCCC3)c2cc1Cl. The van der Waals surface area contributed by atoms with Gasteiger partial charge in [-0.05, 0) is 37.0 Å². The van der Waals surface area contributed by atoms with Crippen molar-refractivity contribution in [2.45, 2.75) is 38.6 Å². The molecule has 1 aromatic carbocycles. The number of fused-ring (bicyclic) bond motifs is 1. The summed E-state index contributed by atoms with van der Waals surface area (Å²) in [6.07, 6.45) is 6.45. The second-order valence-electron chi connectivity index (χ2n) is 5.33. The summed E-state index contributed by atoms with van der Waals surface area (Å²) in [7, 11) is 0. The lowest BCUT2D eigenvalue weighted by molar-refractivity contribution is 0.321. The first kappa shape index (κ1) is 13.1. The standard InChI is InChI=1S/C14H16ClFN2S/c15-10-6-13-12(7-11(10)16)17-14(19)18(13)8-9-4-2-1-3-5-9/h6-7,9H,1-5,8H2,(H,17,19). The Bertz CT molecular complexity index is 655. The van der Waals surface area contributed by atoms with E-state index >= 15 is 0 Å². The maximum absolute atomic E-state index is 13.5. The third-order valence-electron chi connectivity index (χ3n) is 3.98. The molecule has 0 amide bonds. The van der Waals surface area contributed by atoms with E-state index in [-0.39, 0.29) is 5.02 Å². The molecule has 19 heavy (non-hydrogen) atoms. The van der Waals surface area contributed by atoms with Crippen molar-refractivity contribution in [2.24, 2.45) is 5.92 Å². The minimum atomic E-state index is -0.407. The molecular formula is C14H16ClFN2S.